The van der Waals surface area contributed by atoms with Crippen LogP contribution >= 0.6 is 12.6 Å². The van der Waals surface area contributed by atoms with E-state index >= 15 is 0 Å². The Bertz CT molecular complexity index is 184. The molecule has 0 amide bonds. The van der Waals surface area contributed by atoms with E-state index in [1.54, 1.807) is 6.26 Å². The molecule has 1 aromatic heterocycles. The number of rotatable bonds is 2. The van der Waals surface area contributed by atoms with Crippen LogP contribution in [0.2, 0.25) is 0 Å². The molecule has 0 fully saturated rings. The van der Waals surface area contributed by atoms with Crippen LogP contribution in [0, 0.1) is 0 Å². The Labute approximate surface area is 66.8 Å². The third kappa shape index (κ3) is 2.48. The van der Waals surface area contributed by atoms with Gasteiger partial charge < -0.3 is 4.42 Å². The average Bonchev–Trinajstić information content (AvgIpc) is 2.12. The van der Waals surface area contributed by atoms with Crippen molar-refractivity contribution in [1.82, 2.24) is 0 Å². The van der Waals surface area contributed by atoms with Crippen LogP contribution in [0.3, 0.4) is 0 Å². The predicted molar refractivity (Wildman–Crippen MR) is 45.5 cm³/mol. The molecule has 1 heterocycles. The first-order chi connectivity index (χ1) is 4.58. The summed E-state index contributed by atoms with van der Waals surface area (Å²) >= 11 is 4.38. The maximum Gasteiger partial charge on any atom is 0.105 e. The quantitative estimate of drug-likeness (QED) is 0.649. The van der Waals surface area contributed by atoms with E-state index in [0.29, 0.717) is 0 Å². The van der Waals surface area contributed by atoms with Gasteiger partial charge >= 0.3 is 0 Å². The molecular formula is C8H12OS. The highest BCUT2D eigenvalue weighted by Gasteiger charge is 2.13. The van der Waals surface area contributed by atoms with E-state index < -0.39 is 0 Å². The molecular weight excluding hydrogens is 144 g/mol. The monoisotopic (exact) mass is 156 g/mol. The van der Waals surface area contributed by atoms with E-state index in [4.69, 9.17) is 4.42 Å². The Kier molecular flexibility index (Phi) is 2.09. The second kappa shape index (κ2) is 2.70. The first-order valence-electron chi connectivity index (χ1n) is 3.33. The summed E-state index contributed by atoms with van der Waals surface area (Å²) in [5.41, 5.74) is 0. The molecule has 10 heavy (non-hydrogen) atoms. The van der Waals surface area contributed by atoms with Crippen molar-refractivity contribution in [2.75, 3.05) is 0 Å². The van der Waals surface area contributed by atoms with E-state index in [9.17, 15) is 0 Å². The molecule has 0 saturated carbocycles. The lowest BCUT2D eigenvalue weighted by Crippen LogP contribution is -2.13. The summed E-state index contributed by atoms with van der Waals surface area (Å²) in [4.78, 5) is 0. The molecule has 0 aliphatic heterocycles. The largest absolute Gasteiger partial charge is 0.469 e. The summed E-state index contributed by atoms with van der Waals surface area (Å²) in [6.45, 7) is 4.14. The minimum Gasteiger partial charge on any atom is -0.469 e. The molecule has 1 aromatic rings. The minimum absolute atomic E-state index is 0.0256. The van der Waals surface area contributed by atoms with Crippen LogP contribution in [0.4, 0.5) is 0 Å². The van der Waals surface area contributed by atoms with Gasteiger partial charge in [-0.05, 0) is 12.1 Å². The van der Waals surface area contributed by atoms with Crippen molar-refractivity contribution in [1.29, 1.82) is 0 Å². The number of thiol groups is 1. The first-order valence-corrected chi connectivity index (χ1v) is 3.77. The van der Waals surface area contributed by atoms with Crippen LogP contribution < -0.4 is 0 Å². The molecule has 0 saturated heterocycles. The third-order valence-electron chi connectivity index (χ3n) is 1.19. The molecule has 0 bridgehead atoms. The third-order valence-corrected chi connectivity index (χ3v) is 1.35. The molecule has 56 valence electrons. The summed E-state index contributed by atoms with van der Waals surface area (Å²) in [7, 11) is 0. The maximum absolute atomic E-state index is 5.16. The maximum atomic E-state index is 5.16. The van der Waals surface area contributed by atoms with Gasteiger partial charge in [-0.2, -0.15) is 12.6 Å². The van der Waals surface area contributed by atoms with Gasteiger partial charge in [0, 0.05) is 11.2 Å². The van der Waals surface area contributed by atoms with Gasteiger partial charge in [0.1, 0.15) is 5.76 Å². The molecule has 0 aliphatic carbocycles. The highest BCUT2D eigenvalue weighted by Crippen LogP contribution is 2.18. The van der Waals surface area contributed by atoms with Gasteiger partial charge in [0.25, 0.3) is 0 Å². The Hall–Kier alpha value is -0.370. The Morgan fingerprint density at radius 1 is 1.60 bits per heavy atom. The van der Waals surface area contributed by atoms with Crippen LogP contribution in [0.15, 0.2) is 22.8 Å². The lowest BCUT2D eigenvalue weighted by atomic mass is 10.1. The second-order valence-corrected chi connectivity index (χ2v) is 4.28. The highest BCUT2D eigenvalue weighted by molar-refractivity contribution is 7.81. The van der Waals surface area contributed by atoms with E-state index in [-0.39, 0.29) is 4.75 Å². The lowest BCUT2D eigenvalue weighted by Gasteiger charge is -2.14. The summed E-state index contributed by atoms with van der Waals surface area (Å²) < 4.78 is 5.19. The van der Waals surface area contributed by atoms with Gasteiger partial charge in [0.2, 0.25) is 0 Å². The van der Waals surface area contributed by atoms with Crippen molar-refractivity contribution in [3.05, 3.63) is 24.2 Å². The molecule has 0 radical (unpaired) electrons. The number of hydrogen-bond acceptors (Lipinski definition) is 2. The van der Waals surface area contributed by atoms with E-state index in [1.165, 1.54) is 0 Å². The molecule has 1 nitrogen and oxygen atoms in total. The van der Waals surface area contributed by atoms with E-state index in [2.05, 4.69) is 26.5 Å². The molecule has 2 heteroatoms. The molecule has 0 unspecified atom stereocenters. The smallest absolute Gasteiger partial charge is 0.105 e. The van der Waals surface area contributed by atoms with Gasteiger partial charge in [0.05, 0.1) is 6.26 Å². The van der Waals surface area contributed by atoms with E-state index in [1.807, 2.05) is 12.1 Å². The Morgan fingerprint density at radius 3 is 2.70 bits per heavy atom. The van der Waals surface area contributed by atoms with E-state index in [0.717, 1.165) is 12.2 Å². The minimum atomic E-state index is 0.0256. The fraction of sp³-hybridized carbons (Fsp3) is 0.500. The predicted octanol–water partition coefficient (Wildman–Crippen LogP) is 2.53. The second-order valence-electron chi connectivity index (χ2n) is 3.07. The Morgan fingerprint density at radius 2 is 2.30 bits per heavy atom. The normalized spacial score (nSPS) is 11.9. The van der Waals surface area contributed by atoms with Crippen LogP contribution in [0.5, 0.6) is 0 Å². The zero-order chi connectivity index (χ0) is 7.61. The molecule has 0 spiro atoms. The van der Waals surface area contributed by atoms with Gasteiger partial charge in [-0.3, -0.25) is 0 Å². The summed E-state index contributed by atoms with van der Waals surface area (Å²) in [5.74, 6) is 1.00. The van der Waals surface area contributed by atoms with Crippen LogP contribution in [0.1, 0.15) is 19.6 Å². The number of hydrogen-bond donors (Lipinski definition) is 1. The average molecular weight is 156 g/mol. The standard InChI is InChI=1S/C8H12OS/c1-8(2,10)6-7-4-3-5-9-7/h3-5,10H,6H2,1-2H3. The SMILES string of the molecule is CC(C)(S)Cc1ccco1. The zero-order valence-electron chi connectivity index (χ0n) is 6.29. The van der Waals surface area contributed by atoms with Crippen molar-refractivity contribution in [3.63, 3.8) is 0 Å². The van der Waals surface area contributed by atoms with Crippen molar-refractivity contribution in [2.45, 2.75) is 25.0 Å². The van der Waals surface area contributed by atoms with Gasteiger partial charge in [-0.25, -0.2) is 0 Å². The summed E-state index contributed by atoms with van der Waals surface area (Å²) in [6.07, 6.45) is 2.57. The summed E-state index contributed by atoms with van der Waals surface area (Å²) in [6, 6.07) is 3.87. The van der Waals surface area contributed by atoms with Crippen LogP contribution in [-0.4, -0.2) is 4.75 Å². The van der Waals surface area contributed by atoms with Crippen molar-refractivity contribution in [3.8, 4) is 0 Å². The van der Waals surface area contributed by atoms with Crippen LogP contribution in [0.25, 0.3) is 0 Å². The number of furan rings is 1. The van der Waals surface area contributed by atoms with Gasteiger partial charge in [-0.1, -0.05) is 13.8 Å². The zero-order valence-corrected chi connectivity index (χ0v) is 7.19. The fourth-order valence-corrected chi connectivity index (χ4v) is 0.995. The van der Waals surface area contributed by atoms with Crippen molar-refractivity contribution < 1.29 is 4.42 Å². The topological polar surface area (TPSA) is 13.1 Å². The summed E-state index contributed by atoms with van der Waals surface area (Å²) in [5, 5.41) is 0. The molecule has 0 atom stereocenters. The molecule has 1 rings (SSSR count). The van der Waals surface area contributed by atoms with Crippen molar-refractivity contribution >= 4 is 12.6 Å². The molecule has 0 aromatic carbocycles. The van der Waals surface area contributed by atoms with Gasteiger partial charge in [-0.15, -0.1) is 0 Å². The molecule has 0 N–H and O–H groups in total. The lowest BCUT2D eigenvalue weighted by molar-refractivity contribution is 0.487. The first kappa shape index (κ1) is 7.73. The van der Waals surface area contributed by atoms with Crippen molar-refractivity contribution in [2.24, 2.45) is 0 Å². The Balaban J connectivity index is 2.57. The van der Waals surface area contributed by atoms with Crippen LogP contribution in [-0.2, 0) is 6.42 Å². The molecule has 0 aliphatic rings. The van der Waals surface area contributed by atoms with Gasteiger partial charge in [0.15, 0.2) is 0 Å². The fourth-order valence-electron chi connectivity index (χ4n) is 0.840. The highest BCUT2D eigenvalue weighted by atomic mass is 32.1.